The summed E-state index contributed by atoms with van der Waals surface area (Å²) < 4.78 is 39.5. The van der Waals surface area contributed by atoms with E-state index in [2.05, 4.69) is 31.3 Å². The number of halogens is 2. The van der Waals surface area contributed by atoms with Crippen LogP contribution in [0, 0.1) is 6.92 Å². The topological polar surface area (TPSA) is 151 Å². The number of Topliss-reactive ketones (excluding diaryl/α,β-unsaturated/α-hetero) is 1. The van der Waals surface area contributed by atoms with Crippen LogP contribution in [0.4, 0.5) is 10.2 Å². The van der Waals surface area contributed by atoms with Crippen molar-refractivity contribution in [1.82, 2.24) is 19.7 Å². The summed E-state index contributed by atoms with van der Waals surface area (Å²) in [6.45, 7) is 4.32. The Morgan fingerprint density at radius 3 is 2.56 bits per heavy atom. The van der Waals surface area contributed by atoms with Gasteiger partial charge in [-0.1, -0.05) is 6.07 Å². The number of fused-ring (bicyclic) bond motifs is 2. The second kappa shape index (κ2) is 12.4. The number of amides is 2. The van der Waals surface area contributed by atoms with E-state index in [-0.39, 0.29) is 44.2 Å². The van der Waals surface area contributed by atoms with E-state index in [1.165, 1.54) is 23.4 Å². The summed E-state index contributed by atoms with van der Waals surface area (Å²) in [5, 5.41) is 7.57. The number of carbonyl (C=O) groups is 4. The fraction of sp³-hybridized carbons (Fsp3) is 0.467. The third-order valence-corrected chi connectivity index (χ3v) is 8.53. The molecule has 3 aliphatic rings. The van der Waals surface area contributed by atoms with Crippen molar-refractivity contribution in [3.63, 3.8) is 0 Å². The first-order valence-corrected chi connectivity index (χ1v) is 15.2. The molecule has 1 aromatic carbocycles. The highest BCUT2D eigenvalue weighted by molar-refractivity contribution is 9.10. The predicted octanol–water partition coefficient (Wildman–Crippen LogP) is 2.76. The Kier molecular flexibility index (Phi) is 8.59. The molecule has 0 bridgehead atoms. The summed E-state index contributed by atoms with van der Waals surface area (Å²) in [6.07, 6.45) is -3.41. The Morgan fingerprint density at radius 2 is 1.82 bits per heavy atom. The first kappa shape index (κ1) is 31.0. The molecule has 13 nitrogen and oxygen atoms in total. The molecule has 15 heteroatoms. The third kappa shape index (κ3) is 6.29. The third-order valence-electron chi connectivity index (χ3n) is 8.09. The highest BCUT2D eigenvalue weighted by Gasteiger charge is 2.50. The smallest absolute Gasteiger partial charge is 0.303 e. The van der Waals surface area contributed by atoms with Crippen molar-refractivity contribution in [2.75, 3.05) is 25.1 Å². The Balaban J connectivity index is 1.18. The number of carbonyl (C=O) groups excluding carboxylic acids is 4. The van der Waals surface area contributed by atoms with Gasteiger partial charge in [-0.05, 0) is 52.7 Å². The molecule has 1 N–H and O–H groups in total. The van der Waals surface area contributed by atoms with E-state index in [4.69, 9.17) is 18.9 Å². The number of rotatable bonds is 8. The summed E-state index contributed by atoms with van der Waals surface area (Å²) in [7, 11) is 0. The molecule has 45 heavy (non-hydrogen) atoms. The van der Waals surface area contributed by atoms with E-state index < -0.39 is 54.4 Å². The van der Waals surface area contributed by atoms with Gasteiger partial charge in [0, 0.05) is 25.7 Å². The molecular weight excluding hydrogens is 657 g/mol. The van der Waals surface area contributed by atoms with Gasteiger partial charge in [-0.25, -0.2) is 9.37 Å². The monoisotopic (exact) mass is 687 g/mol. The van der Waals surface area contributed by atoms with Crippen LogP contribution in [0.2, 0.25) is 0 Å². The largest absolute Gasteiger partial charge is 0.485 e. The summed E-state index contributed by atoms with van der Waals surface area (Å²) in [4.78, 5) is 56.1. The van der Waals surface area contributed by atoms with E-state index in [1.54, 1.807) is 37.3 Å². The number of hydrogen-bond acceptors (Lipinski definition) is 10. The van der Waals surface area contributed by atoms with Gasteiger partial charge in [0.15, 0.2) is 18.0 Å². The minimum atomic E-state index is -1.38. The van der Waals surface area contributed by atoms with Gasteiger partial charge in [0.2, 0.25) is 11.8 Å². The van der Waals surface area contributed by atoms with Crippen molar-refractivity contribution in [3.05, 3.63) is 46.2 Å². The molecule has 5 heterocycles. The second-order valence-electron chi connectivity index (χ2n) is 11.3. The maximum absolute atomic E-state index is 14.6. The van der Waals surface area contributed by atoms with Crippen LogP contribution in [0.1, 0.15) is 36.3 Å². The highest BCUT2D eigenvalue weighted by Crippen LogP contribution is 2.33. The van der Waals surface area contributed by atoms with Gasteiger partial charge in [-0.3, -0.25) is 23.9 Å². The number of ether oxygens (including phenoxy) is 4. The number of anilines is 1. The van der Waals surface area contributed by atoms with Gasteiger partial charge in [0.1, 0.15) is 52.8 Å². The zero-order valence-corrected chi connectivity index (χ0v) is 26.3. The molecular formula is C30H31BrFN5O8. The molecule has 0 saturated carbocycles. The number of aromatic nitrogens is 3. The van der Waals surface area contributed by atoms with Gasteiger partial charge in [-0.2, -0.15) is 5.10 Å². The first-order valence-electron chi connectivity index (χ1n) is 14.4. The molecule has 0 spiro atoms. The molecule has 3 fully saturated rings. The van der Waals surface area contributed by atoms with E-state index in [0.717, 1.165) is 0 Å². The lowest BCUT2D eigenvalue weighted by Crippen LogP contribution is -2.44. The van der Waals surface area contributed by atoms with Gasteiger partial charge in [-0.15, -0.1) is 0 Å². The Morgan fingerprint density at radius 1 is 1.09 bits per heavy atom. The number of benzene rings is 1. The van der Waals surface area contributed by atoms with Crippen molar-refractivity contribution in [2.45, 2.75) is 70.4 Å². The molecule has 3 aromatic rings. The highest BCUT2D eigenvalue weighted by atomic mass is 79.9. The maximum Gasteiger partial charge on any atom is 0.303 e. The number of alkyl halides is 1. The maximum atomic E-state index is 14.6. The normalized spacial score (nSPS) is 25.8. The summed E-state index contributed by atoms with van der Waals surface area (Å²) in [5.41, 5.74) is 1.33. The van der Waals surface area contributed by atoms with Crippen molar-refractivity contribution < 1.29 is 42.5 Å². The zero-order valence-electron chi connectivity index (χ0n) is 24.7. The lowest BCUT2D eigenvalue weighted by Gasteiger charge is -2.24. The van der Waals surface area contributed by atoms with Crippen LogP contribution in [-0.2, 0) is 35.1 Å². The first-order chi connectivity index (χ1) is 21.5. The van der Waals surface area contributed by atoms with Crippen LogP contribution < -0.4 is 10.1 Å². The fourth-order valence-corrected chi connectivity index (χ4v) is 6.30. The number of aryl methyl sites for hydroxylation is 1. The summed E-state index contributed by atoms with van der Waals surface area (Å²) in [6, 6.07) is 7.47. The standard InChI is InChI=1S/C30H31BrFN5O8/c1-14-4-7-24(31)33-29(14)34-30(41)21-8-17(32)10-36(21)25(40)11-37-20-6-5-18(9-19(20)26(35-37)15(2)38)45-23-13-43-27-22(44-16(3)39)12-42-28(23)27/h4-7,9,17,21-23,27-28H,8,10-13H2,1-3H3,(H,33,34,41)/t17-,21+,22-,23-,27-,28-/m1/s1. The fourth-order valence-electron chi connectivity index (χ4n) is 5.99. The average Bonchev–Trinajstić information content (AvgIpc) is 3.75. The van der Waals surface area contributed by atoms with Crippen molar-refractivity contribution in [2.24, 2.45) is 0 Å². The zero-order chi connectivity index (χ0) is 32.0. The number of pyridine rings is 1. The Bertz CT molecular complexity index is 1680. The quantitative estimate of drug-likeness (QED) is 0.213. The van der Waals surface area contributed by atoms with Crippen LogP contribution in [0.25, 0.3) is 10.9 Å². The lowest BCUT2D eigenvalue weighted by atomic mass is 10.1. The predicted molar refractivity (Wildman–Crippen MR) is 160 cm³/mol. The van der Waals surface area contributed by atoms with Crippen LogP contribution >= 0.6 is 15.9 Å². The summed E-state index contributed by atoms with van der Waals surface area (Å²) >= 11 is 3.27. The SMILES string of the molecule is CC(=O)O[C@@H]1CO[C@H]2[C@@H]1OC[C@H]2Oc1ccc2c(c1)c(C(C)=O)nn2CC(=O)N1C[C@H](F)C[C@H]1C(=O)Nc1nc(Br)ccc1C. The van der Waals surface area contributed by atoms with E-state index in [9.17, 15) is 23.6 Å². The number of nitrogens with zero attached hydrogens (tertiary/aromatic N) is 4. The molecule has 238 valence electrons. The van der Waals surface area contributed by atoms with Gasteiger partial charge < -0.3 is 29.2 Å². The van der Waals surface area contributed by atoms with Crippen LogP contribution in [0.5, 0.6) is 5.75 Å². The molecule has 6 rings (SSSR count). The van der Waals surface area contributed by atoms with Crippen molar-refractivity contribution >= 4 is 56.2 Å². The van der Waals surface area contributed by atoms with Crippen molar-refractivity contribution in [3.8, 4) is 5.75 Å². The Labute approximate surface area is 265 Å². The van der Waals surface area contributed by atoms with E-state index >= 15 is 0 Å². The molecule has 2 amide bonds. The molecule has 3 saturated heterocycles. The molecule has 0 radical (unpaired) electrons. The van der Waals surface area contributed by atoms with E-state index in [1.807, 2.05) is 0 Å². The molecule has 0 unspecified atom stereocenters. The minimum Gasteiger partial charge on any atom is -0.485 e. The number of hydrogen-bond donors (Lipinski definition) is 1. The molecule has 0 aliphatic carbocycles. The van der Waals surface area contributed by atoms with Crippen LogP contribution in [0.15, 0.2) is 34.9 Å². The number of likely N-dealkylation sites (tertiary alicyclic amines) is 1. The molecule has 3 aliphatic heterocycles. The number of esters is 1. The van der Waals surface area contributed by atoms with Crippen molar-refractivity contribution in [1.29, 1.82) is 0 Å². The lowest BCUT2D eigenvalue weighted by molar-refractivity contribution is -0.151. The van der Waals surface area contributed by atoms with Gasteiger partial charge in [0.05, 0.1) is 25.3 Å². The second-order valence-corrected chi connectivity index (χ2v) is 12.1. The van der Waals surface area contributed by atoms with E-state index in [0.29, 0.717) is 32.6 Å². The average molecular weight is 689 g/mol. The van der Waals surface area contributed by atoms with Gasteiger partial charge in [0.25, 0.3) is 0 Å². The number of nitrogens with one attached hydrogen (secondary N) is 1. The number of ketones is 1. The molecule has 2 aromatic heterocycles. The van der Waals surface area contributed by atoms with Crippen LogP contribution in [-0.4, -0.2) is 99.6 Å². The van der Waals surface area contributed by atoms with Crippen LogP contribution in [0.3, 0.4) is 0 Å². The molecule has 6 atom stereocenters. The minimum absolute atomic E-state index is 0.131. The van der Waals surface area contributed by atoms with Gasteiger partial charge >= 0.3 is 5.97 Å². The Hall–Kier alpha value is -3.95. The summed E-state index contributed by atoms with van der Waals surface area (Å²) in [5.74, 6) is -1.07.